The molecule has 0 atom stereocenters. The zero-order valence-electron chi connectivity index (χ0n) is 10.5. The van der Waals surface area contributed by atoms with Crippen LogP contribution in [-0.2, 0) is 11.2 Å². The first kappa shape index (κ1) is 14.8. The summed E-state index contributed by atoms with van der Waals surface area (Å²) >= 11 is 1.40. The van der Waals surface area contributed by atoms with Crippen molar-refractivity contribution in [3.05, 3.63) is 16.8 Å². The third-order valence-corrected chi connectivity index (χ3v) is 3.20. The Hall–Kier alpha value is -1.61. The monoisotopic (exact) mass is 307 g/mol. The van der Waals surface area contributed by atoms with Crippen LogP contribution in [0.25, 0.3) is 11.5 Å². The number of ether oxygens (including phenoxy) is 1. The van der Waals surface area contributed by atoms with Crippen LogP contribution >= 0.6 is 11.3 Å². The van der Waals surface area contributed by atoms with Crippen molar-refractivity contribution in [3.8, 4) is 11.5 Å². The second-order valence-corrected chi connectivity index (χ2v) is 5.36. The van der Waals surface area contributed by atoms with Crippen LogP contribution in [0.5, 0.6) is 0 Å². The molecule has 0 saturated heterocycles. The number of halogens is 3. The highest BCUT2D eigenvalue weighted by Gasteiger charge is 2.27. The Labute approximate surface area is 116 Å². The van der Waals surface area contributed by atoms with Crippen LogP contribution in [0.3, 0.4) is 0 Å². The fraction of sp³-hybridized carbons (Fsp3) is 0.455. The summed E-state index contributed by atoms with van der Waals surface area (Å²) in [4.78, 5) is 5.08. The Kier molecular flexibility index (Phi) is 4.29. The maximum absolute atomic E-state index is 11.9. The molecule has 0 bridgehead atoms. The van der Waals surface area contributed by atoms with E-state index in [1.165, 1.54) is 11.3 Å². The van der Waals surface area contributed by atoms with Crippen LogP contribution < -0.4 is 5.73 Å². The third-order valence-electron chi connectivity index (χ3n) is 2.32. The molecule has 2 rings (SSSR count). The van der Waals surface area contributed by atoms with E-state index in [2.05, 4.69) is 14.9 Å². The second-order valence-electron chi connectivity index (χ2n) is 4.07. The molecule has 0 aromatic carbocycles. The van der Waals surface area contributed by atoms with E-state index in [0.29, 0.717) is 10.6 Å². The average Bonchev–Trinajstić information content (AvgIpc) is 2.90. The summed E-state index contributed by atoms with van der Waals surface area (Å²) in [5, 5.41) is 4.24. The maximum atomic E-state index is 11.9. The van der Waals surface area contributed by atoms with Crippen molar-refractivity contribution in [1.82, 2.24) is 10.1 Å². The van der Waals surface area contributed by atoms with Gasteiger partial charge in [0.25, 0.3) is 5.89 Å². The molecule has 0 spiro atoms. The number of nitrogen functional groups attached to an aromatic ring is 1. The molecule has 20 heavy (non-hydrogen) atoms. The van der Waals surface area contributed by atoms with Crippen LogP contribution in [0.4, 0.5) is 18.2 Å². The van der Waals surface area contributed by atoms with Crippen LogP contribution in [0, 0.1) is 6.92 Å². The maximum Gasteiger partial charge on any atom is 0.411 e. The summed E-state index contributed by atoms with van der Waals surface area (Å²) in [6.45, 7) is 0.484. The molecule has 2 heterocycles. The number of aromatic nitrogens is 2. The molecule has 0 saturated carbocycles. The normalized spacial score (nSPS) is 12.0. The van der Waals surface area contributed by atoms with Crippen LogP contribution in [-0.4, -0.2) is 29.5 Å². The number of nitrogens with zero attached hydrogens (tertiary/aromatic N) is 2. The van der Waals surface area contributed by atoms with E-state index in [0.717, 1.165) is 4.88 Å². The molecule has 0 aliphatic heterocycles. The van der Waals surface area contributed by atoms with Crippen molar-refractivity contribution in [2.24, 2.45) is 0 Å². The van der Waals surface area contributed by atoms with Crippen LogP contribution in [0.15, 0.2) is 10.6 Å². The number of aryl methyl sites for hydroxylation is 1. The standard InChI is InChI=1S/C11H12F3N3O2S/c1-6-4-7(9(15)20-6)10-16-8(17-19-10)2-3-18-5-11(12,13)14/h4H,2-3,5,15H2,1H3. The van der Waals surface area contributed by atoms with Crippen LogP contribution in [0.1, 0.15) is 10.7 Å². The Bertz CT molecular complexity index is 580. The average molecular weight is 307 g/mol. The van der Waals surface area contributed by atoms with E-state index in [1.54, 1.807) is 0 Å². The van der Waals surface area contributed by atoms with E-state index in [9.17, 15) is 13.2 Å². The van der Waals surface area contributed by atoms with Gasteiger partial charge in [0.2, 0.25) is 0 Å². The highest BCUT2D eigenvalue weighted by molar-refractivity contribution is 7.16. The van der Waals surface area contributed by atoms with Gasteiger partial charge in [0.05, 0.1) is 17.2 Å². The molecular formula is C11H12F3N3O2S. The molecule has 2 N–H and O–H groups in total. The highest BCUT2D eigenvalue weighted by Crippen LogP contribution is 2.32. The molecular weight excluding hydrogens is 295 g/mol. The fourth-order valence-corrected chi connectivity index (χ4v) is 2.30. The van der Waals surface area contributed by atoms with Gasteiger partial charge in [-0.3, -0.25) is 0 Å². The third kappa shape index (κ3) is 3.94. The minimum Gasteiger partial charge on any atom is -0.390 e. The number of thiophene rings is 1. The largest absolute Gasteiger partial charge is 0.411 e. The van der Waals surface area contributed by atoms with Gasteiger partial charge < -0.3 is 15.0 Å². The van der Waals surface area contributed by atoms with Crippen molar-refractivity contribution in [2.45, 2.75) is 19.5 Å². The van der Waals surface area contributed by atoms with E-state index < -0.39 is 12.8 Å². The van der Waals surface area contributed by atoms with E-state index in [-0.39, 0.29) is 24.7 Å². The van der Waals surface area contributed by atoms with Crippen molar-refractivity contribution < 1.29 is 22.4 Å². The summed E-state index contributed by atoms with van der Waals surface area (Å²) in [7, 11) is 0. The Morgan fingerprint density at radius 2 is 2.20 bits per heavy atom. The number of nitrogens with two attached hydrogens (primary N) is 1. The van der Waals surface area contributed by atoms with Crippen molar-refractivity contribution in [1.29, 1.82) is 0 Å². The van der Waals surface area contributed by atoms with Gasteiger partial charge in [-0.1, -0.05) is 5.16 Å². The van der Waals surface area contributed by atoms with Gasteiger partial charge >= 0.3 is 6.18 Å². The summed E-state index contributed by atoms with van der Waals surface area (Å²) < 4.78 is 45.1. The molecule has 0 amide bonds. The van der Waals surface area contributed by atoms with Gasteiger partial charge in [0.15, 0.2) is 5.82 Å². The lowest BCUT2D eigenvalue weighted by molar-refractivity contribution is -0.173. The van der Waals surface area contributed by atoms with Gasteiger partial charge in [-0.25, -0.2) is 0 Å². The molecule has 0 unspecified atom stereocenters. The topological polar surface area (TPSA) is 74.2 Å². The van der Waals surface area contributed by atoms with Crippen molar-refractivity contribution in [3.63, 3.8) is 0 Å². The Morgan fingerprint density at radius 1 is 1.45 bits per heavy atom. The molecule has 0 radical (unpaired) electrons. The SMILES string of the molecule is Cc1cc(-c2nc(CCOCC(F)(F)F)no2)c(N)s1. The lowest BCUT2D eigenvalue weighted by Crippen LogP contribution is -2.18. The van der Waals surface area contributed by atoms with Crippen molar-refractivity contribution >= 4 is 16.3 Å². The summed E-state index contributed by atoms with van der Waals surface area (Å²) in [5.74, 6) is 0.545. The molecule has 0 aliphatic rings. The first-order chi connectivity index (χ1) is 9.35. The number of anilines is 1. The lowest BCUT2D eigenvalue weighted by Gasteiger charge is -2.05. The van der Waals surface area contributed by atoms with Gasteiger partial charge in [0, 0.05) is 11.3 Å². The number of rotatable bonds is 5. The first-order valence-corrected chi connectivity index (χ1v) is 6.50. The smallest absolute Gasteiger partial charge is 0.390 e. The quantitative estimate of drug-likeness (QED) is 0.860. The van der Waals surface area contributed by atoms with Crippen molar-refractivity contribution in [2.75, 3.05) is 18.9 Å². The van der Waals surface area contributed by atoms with Gasteiger partial charge in [-0.2, -0.15) is 18.2 Å². The van der Waals surface area contributed by atoms with E-state index in [4.69, 9.17) is 10.3 Å². The summed E-state index contributed by atoms with van der Waals surface area (Å²) in [6.07, 6.45) is -4.19. The summed E-state index contributed by atoms with van der Waals surface area (Å²) in [5.41, 5.74) is 6.43. The van der Waals surface area contributed by atoms with Gasteiger partial charge in [-0.15, -0.1) is 11.3 Å². The molecule has 2 aromatic rings. The second kappa shape index (κ2) is 5.80. The number of hydrogen-bond acceptors (Lipinski definition) is 6. The molecule has 9 heteroatoms. The minimum absolute atomic E-state index is 0.128. The predicted molar refractivity (Wildman–Crippen MR) is 67.3 cm³/mol. The van der Waals surface area contributed by atoms with Gasteiger partial charge in [-0.05, 0) is 13.0 Å². The molecule has 0 fully saturated rings. The lowest BCUT2D eigenvalue weighted by atomic mass is 10.3. The number of hydrogen-bond donors (Lipinski definition) is 1. The van der Waals surface area contributed by atoms with Crippen LogP contribution in [0.2, 0.25) is 0 Å². The molecule has 0 aliphatic carbocycles. The molecule has 5 nitrogen and oxygen atoms in total. The minimum atomic E-state index is -4.33. The number of alkyl halides is 3. The fourth-order valence-electron chi connectivity index (χ4n) is 1.52. The Morgan fingerprint density at radius 3 is 2.80 bits per heavy atom. The predicted octanol–water partition coefficient (Wildman–Crippen LogP) is 2.81. The molecule has 2 aromatic heterocycles. The van der Waals surface area contributed by atoms with Gasteiger partial charge in [0.1, 0.15) is 6.61 Å². The zero-order chi connectivity index (χ0) is 14.8. The Balaban J connectivity index is 1.91. The zero-order valence-corrected chi connectivity index (χ0v) is 11.3. The highest BCUT2D eigenvalue weighted by atomic mass is 32.1. The first-order valence-electron chi connectivity index (χ1n) is 5.68. The van der Waals surface area contributed by atoms with E-state index in [1.807, 2.05) is 13.0 Å². The molecule has 110 valence electrons. The van der Waals surface area contributed by atoms with E-state index >= 15 is 0 Å². The summed E-state index contributed by atoms with van der Waals surface area (Å²) in [6, 6.07) is 1.82.